The number of guanidine groups is 2. The van der Waals surface area contributed by atoms with Crippen molar-refractivity contribution in [3.63, 3.8) is 0 Å². The summed E-state index contributed by atoms with van der Waals surface area (Å²) >= 11 is 0. The van der Waals surface area contributed by atoms with E-state index in [0.717, 1.165) is 11.1 Å². The quantitative estimate of drug-likeness (QED) is 0.305. The number of hydrogen-bond donors (Lipinski definition) is 4. The van der Waals surface area contributed by atoms with Crippen molar-refractivity contribution in [2.45, 2.75) is 6.92 Å². The van der Waals surface area contributed by atoms with Gasteiger partial charge in [0.1, 0.15) is 0 Å². The molecule has 0 aliphatic rings. The zero-order chi connectivity index (χ0) is 16.6. The monoisotopic (exact) mass is 308 g/mol. The van der Waals surface area contributed by atoms with Gasteiger partial charge in [-0.1, -0.05) is 17.7 Å². The van der Waals surface area contributed by atoms with Gasteiger partial charge in [-0.2, -0.15) is 4.99 Å². The Labute approximate surface area is 131 Å². The van der Waals surface area contributed by atoms with Gasteiger partial charge >= 0.3 is 0 Å². The number of pyridine rings is 1. The summed E-state index contributed by atoms with van der Waals surface area (Å²) in [7, 11) is 0. The number of nitrogens with two attached hydrogens (primary N) is 3. The van der Waals surface area contributed by atoms with E-state index in [4.69, 9.17) is 17.2 Å². The van der Waals surface area contributed by atoms with Crippen LogP contribution in [0.25, 0.3) is 21.8 Å². The van der Waals surface area contributed by atoms with Crippen LogP contribution in [0.2, 0.25) is 0 Å². The summed E-state index contributed by atoms with van der Waals surface area (Å²) in [4.78, 5) is 23.8. The number of aromatic amines is 1. The molecule has 2 aromatic carbocycles. The van der Waals surface area contributed by atoms with Gasteiger partial charge < -0.3 is 22.2 Å². The molecule has 0 aliphatic carbocycles. The zero-order valence-corrected chi connectivity index (χ0v) is 12.5. The molecule has 0 unspecified atom stereocenters. The minimum Gasteiger partial charge on any atom is -0.370 e. The van der Waals surface area contributed by atoms with Gasteiger partial charge in [-0.3, -0.25) is 4.79 Å². The largest absolute Gasteiger partial charge is 0.370 e. The second-order valence-corrected chi connectivity index (χ2v) is 5.21. The SMILES string of the molecule is Cc1ccc2[nH]c3c(N=C(N)N=C(N)N)cccc3c(=O)c2c1. The molecule has 0 radical (unpaired) electrons. The third kappa shape index (κ3) is 2.71. The van der Waals surface area contributed by atoms with Crippen LogP contribution in [0.5, 0.6) is 0 Å². The molecule has 0 spiro atoms. The number of nitrogens with zero attached hydrogens (tertiary/aromatic N) is 2. The highest BCUT2D eigenvalue weighted by Gasteiger charge is 2.09. The molecule has 1 heterocycles. The maximum atomic E-state index is 12.7. The van der Waals surface area contributed by atoms with E-state index >= 15 is 0 Å². The Kier molecular flexibility index (Phi) is 3.46. The Morgan fingerprint density at radius 3 is 2.61 bits per heavy atom. The molecule has 116 valence electrons. The van der Waals surface area contributed by atoms with E-state index in [9.17, 15) is 4.79 Å². The number of para-hydroxylation sites is 1. The molecule has 7 heteroatoms. The van der Waals surface area contributed by atoms with Crippen LogP contribution < -0.4 is 22.6 Å². The van der Waals surface area contributed by atoms with Gasteiger partial charge in [-0.15, -0.1) is 0 Å². The van der Waals surface area contributed by atoms with Gasteiger partial charge in [-0.05, 0) is 31.2 Å². The summed E-state index contributed by atoms with van der Waals surface area (Å²) in [6.45, 7) is 1.94. The van der Waals surface area contributed by atoms with Crippen molar-refractivity contribution < 1.29 is 0 Å². The molecule has 23 heavy (non-hydrogen) atoms. The molecule has 0 fully saturated rings. The number of nitrogens with one attached hydrogen (secondary N) is 1. The zero-order valence-electron chi connectivity index (χ0n) is 12.5. The van der Waals surface area contributed by atoms with Gasteiger partial charge in [0.2, 0.25) is 5.96 Å². The van der Waals surface area contributed by atoms with Crippen LogP contribution in [0, 0.1) is 6.92 Å². The van der Waals surface area contributed by atoms with Crippen molar-refractivity contribution >= 4 is 39.4 Å². The lowest BCUT2D eigenvalue weighted by atomic mass is 10.1. The average Bonchev–Trinajstić information content (AvgIpc) is 2.48. The minimum absolute atomic E-state index is 0.0603. The minimum atomic E-state index is -0.180. The van der Waals surface area contributed by atoms with Crippen molar-refractivity contribution in [1.82, 2.24) is 4.98 Å². The van der Waals surface area contributed by atoms with Crippen LogP contribution in [-0.4, -0.2) is 16.9 Å². The molecule has 0 aliphatic heterocycles. The first kappa shape index (κ1) is 14.6. The van der Waals surface area contributed by atoms with Gasteiger partial charge in [0.15, 0.2) is 11.4 Å². The second-order valence-electron chi connectivity index (χ2n) is 5.21. The van der Waals surface area contributed by atoms with E-state index in [2.05, 4.69) is 15.0 Å². The van der Waals surface area contributed by atoms with Crippen LogP contribution >= 0.6 is 0 Å². The van der Waals surface area contributed by atoms with Gasteiger partial charge in [0.25, 0.3) is 0 Å². The molecule has 0 amide bonds. The molecule has 0 saturated carbocycles. The first-order chi connectivity index (χ1) is 11.0. The van der Waals surface area contributed by atoms with Crippen LogP contribution in [-0.2, 0) is 0 Å². The third-order valence-corrected chi connectivity index (χ3v) is 3.45. The van der Waals surface area contributed by atoms with Crippen LogP contribution in [0.3, 0.4) is 0 Å². The fraction of sp³-hybridized carbons (Fsp3) is 0.0625. The summed E-state index contributed by atoms with van der Waals surface area (Å²) in [5, 5.41) is 1.16. The number of benzene rings is 2. The summed E-state index contributed by atoms with van der Waals surface area (Å²) in [5.41, 5.74) is 19.0. The molecule has 0 bridgehead atoms. The first-order valence-electron chi connectivity index (χ1n) is 6.95. The lowest BCUT2D eigenvalue weighted by Crippen LogP contribution is -2.26. The van der Waals surface area contributed by atoms with E-state index in [1.807, 2.05) is 25.1 Å². The van der Waals surface area contributed by atoms with Crippen LogP contribution in [0.1, 0.15) is 5.56 Å². The van der Waals surface area contributed by atoms with Crippen molar-refractivity contribution in [1.29, 1.82) is 0 Å². The maximum Gasteiger partial charge on any atom is 0.223 e. The molecular weight excluding hydrogens is 292 g/mol. The number of H-pyrrole nitrogens is 1. The highest BCUT2D eigenvalue weighted by atomic mass is 16.1. The molecule has 7 nitrogen and oxygen atoms in total. The van der Waals surface area contributed by atoms with E-state index < -0.39 is 0 Å². The van der Waals surface area contributed by atoms with Gasteiger partial charge in [-0.25, -0.2) is 4.99 Å². The molecule has 7 N–H and O–H groups in total. The van der Waals surface area contributed by atoms with Crippen molar-refractivity contribution in [2.24, 2.45) is 27.2 Å². The smallest absolute Gasteiger partial charge is 0.223 e. The topological polar surface area (TPSA) is 136 Å². The Bertz CT molecular complexity index is 1030. The lowest BCUT2D eigenvalue weighted by molar-refractivity contribution is 1.37. The highest BCUT2D eigenvalue weighted by Crippen LogP contribution is 2.24. The number of rotatable bonds is 1. The Balaban J connectivity index is 2.34. The average molecular weight is 308 g/mol. The number of fused-ring (bicyclic) bond motifs is 2. The van der Waals surface area contributed by atoms with E-state index in [-0.39, 0.29) is 17.3 Å². The summed E-state index contributed by atoms with van der Waals surface area (Å²) in [6.07, 6.45) is 0. The molecule has 1 aromatic heterocycles. The normalized spacial score (nSPS) is 11.8. The second kappa shape index (κ2) is 5.45. The third-order valence-electron chi connectivity index (χ3n) is 3.45. The van der Waals surface area contributed by atoms with Crippen molar-refractivity contribution in [3.8, 4) is 0 Å². The maximum absolute atomic E-state index is 12.7. The van der Waals surface area contributed by atoms with E-state index in [1.165, 1.54) is 0 Å². The Hall–Kier alpha value is -3.35. The number of hydrogen-bond acceptors (Lipinski definition) is 2. The number of aliphatic imine (C=N–C) groups is 2. The predicted octanol–water partition coefficient (Wildman–Crippen LogP) is 1.21. The molecule has 0 atom stereocenters. The predicted molar refractivity (Wildman–Crippen MR) is 93.9 cm³/mol. The number of aromatic nitrogens is 1. The number of aryl methyl sites for hydroxylation is 1. The van der Waals surface area contributed by atoms with Crippen molar-refractivity contribution in [3.05, 3.63) is 52.2 Å². The summed E-state index contributed by atoms with van der Waals surface area (Å²) < 4.78 is 0. The Morgan fingerprint density at radius 1 is 1.09 bits per heavy atom. The molecular formula is C16H16N6O. The van der Waals surface area contributed by atoms with Gasteiger partial charge in [0.05, 0.1) is 11.2 Å². The molecule has 3 aromatic rings. The summed E-state index contributed by atoms with van der Waals surface area (Å²) in [5.74, 6) is -0.261. The fourth-order valence-corrected chi connectivity index (χ4v) is 2.47. The molecule has 3 rings (SSSR count). The standard InChI is InChI=1S/C16H16N6O/c1-8-5-6-11-10(7-8)14(23)9-3-2-4-12(13(9)20-11)21-16(19)22-15(17)18/h2-7H,1H3,(H,20,23)(H6,17,18,19,21,22). The van der Waals surface area contributed by atoms with Crippen LogP contribution in [0.15, 0.2) is 51.2 Å². The van der Waals surface area contributed by atoms with Gasteiger partial charge in [0, 0.05) is 16.3 Å². The highest BCUT2D eigenvalue weighted by molar-refractivity contribution is 6.00. The van der Waals surface area contributed by atoms with Crippen molar-refractivity contribution in [2.75, 3.05) is 0 Å². The Morgan fingerprint density at radius 2 is 1.87 bits per heavy atom. The van der Waals surface area contributed by atoms with E-state index in [1.54, 1.807) is 18.2 Å². The summed E-state index contributed by atoms with van der Waals surface area (Å²) in [6, 6.07) is 10.9. The fourth-order valence-electron chi connectivity index (χ4n) is 2.47. The molecule has 0 saturated heterocycles. The lowest BCUT2D eigenvalue weighted by Gasteiger charge is -2.06. The van der Waals surface area contributed by atoms with E-state index in [0.29, 0.717) is 22.0 Å². The first-order valence-corrected chi connectivity index (χ1v) is 6.95. The van der Waals surface area contributed by atoms with Crippen LogP contribution in [0.4, 0.5) is 5.69 Å².